The molecule has 1 amide bonds. The number of ether oxygens (including phenoxy) is 3. The van der Waals surface area contributed by atoms with Crippen LogP contribution < -0.4 is 4.74 Å². The van der Waals surface area contributed by atoms with E-state index in [9.17, 15) is 14.7 Å². The predicted octanol–water partition coefficient (Wildman–Crippen LogP) is 5.69. The van der Waals surface area contributed by atoms with Gasteiger partial charge in [-0.1, -0.05) is 51.7 Å². The number of nitrogens with zero attached hydrogens (tertiary/aromatic N) is 1. The summed E-state index contributed by atoms with van der Waals surface area (Å²) in [6.07, 6.45) is 5.28. The molecule has 7 heteroatoms. The fourth-order valence-electron chi connectivity index (χ4n) is 3.26. The number of unbranched alkanes of at least 4 members (excludes halogenated alkanes) is 4. The Hall–Kier alpha value is -2.28. The molecule has 0 radical (unpaired) electrons. The highest BCUT2D eigenvalue weighted by molar-refractivity contribution is 5.72. The van der Waals surface area contributed by atoms with Crippen molar-refractivity contribution >= 4 is 12.1 Å². The van der Waals surface area contributed by atoms with E-state index in [1.54, 1.807) is 4.90 Å². The lowest BCUT2D eigenvalue weighted by Crippen LogP contribution is -2.37. The molecule has 0 aliphatic heterocycles. The average molecular weight is 466 g/mol. The molecule has 0 saturated heterocycles. The minimum atomic E-state index is -0.969. The van der Waals surface area contributed by atoms with E-state index >= 15 is 0 Å². The van der Waals surface area contributed by atoms with Gasteiger partial charge < -0.3 is 24.2 Å². The number of carboxylic acids is 1. The van der Waals surface area contributed by atoms with Gasteiger partial charge in [-0.05, 0) is 51.3 Å². The van der Waals surface area contributed by atoms with Crippen molar-refractivity contribution < 1.29 is 28.9 Å². The Bertz CT molecular complexity index is 676. The summed E-state index contributed by atoms with van der Waals surface area (Å²) >= 11 is 0. The molecule has 1 N–H and O–H groups in total. The molecule has 1 rings (SSSR count). The molecule has 0 aromatic heterocycles. The van der Waals surface area contributed by atoms with Gasteiger partial charge in [0.25, 0.3) is 0 Å². The van der Waals surface area contributed by atoms with Gasteiger partial charge in [0, 0.05) is 13.0 Å². The zero-order valence-corrected chi connectivity index (χ0v) is 21.0. The smallest absolute Gasteiger partial charge is 0.410 e. The molecule has 33 heavy (non-hydrogen) atoms. The summed E-state index contributed by atoms with van der Waals surface area (Å²) in [4.78, 5) is 25.7. The Morgan fingerprint density at radius 3 is 2.21 bits per heavy atom. The van der Waals surface area contributed by atoms with Crippen LogP contribution in [0.3, 0.4) is 0 Å². The minimum Gasteiger partial charge on any atom is -0.492 e. The Morgan fingerprint density at radius 1 is 0.970 bits per heavy atom. The van der Waals surface area contributed by atoms with Crippen LogP contribution in [0.2, 0.25) is 0 Å². The molecule has 2 atom stereocenters. The average Bonchev–Trinajstić information content (AvgIpc) is 2.77. The number of hydrogen-bond donors (Lipinski definition) is 1. The molecule has 0 bridgehead atoms. The van der Waals surface area contributed by atoms with Gasteiger partial charge in [0.05, 0.1) is 12.6 Å². The number of amides is 1. The molecule has 0 aliphatic rings. The SMILES string of the molecule is CCCCCCCN(CCOc1ccc(CC(OC(C)C)C(=O)O)cc1)C(=O)OC(C)CC. The summed E-state index contributed by atoms with van der Waals surface area (Å²) in [5, 5.41) is 9.33. The fourth-order valence-corrected chi connectivity index (χ4v) is 3.26. The van der Waals surface area contributed by atoms with Crippen LogP contribution in [-0.2, 0) is 20.7 Å². The van der Waals surface area contributed by atoms with Crippen LogP contribution in [0.1, 0.15) is 78.7 Å². The Balaban J connectivity index is 2.58. The van der Waals surface area contributed by atoms with Gasteiger partial charge in [0.1, 0.15) is 18.5 Å². The maximum atomic E-state index is 12.5. The third-order valence-corrected chi connectivity index (χ3v) is 5.35. The quantitative estimate of drug-likeness (QED) is 0.297. The third-order valence-electron chi connectivity index (χ3n) is 5.35. The first-order chi connectivity index (χ1) is 15.8. The van der Waals surface area contributed by atoms with Crippen molar-refractivity contribution in [3.05, 3.63) is 29.8 Å². The minimum absolute atomic E-state index is 0.108. The maximum Gasteiger partial charge on any atom is 0.410 e. The molecule has 0 saturated carbocycles. The van der Waals surface area contributed by atoms with Crippen molar-refractivity contribution in [3.8, 4) is 5.75 Å². The predicted molar refractivity (Wildman–Crippen MR) is 130 cm³/mol. The van der Waals surface area contributed by atoms with Crippen LogP contribution in [0.25, 0.3) is 0 Å². The van der Waals surface area contributed by atoms with Gasteiger partial charge in [-0.2, -0.15) is 0 Å². The van der Waals surface area contributed by atoms with Crippen molar-refractivity contribution in [1.29, 1.82) is 0 Å². The Morgan fingerprint density at radius 2 is 1.64 bits per heavy atom. The highest BCUT2D eigenvalue weighted by Gasteiger charge is 2.20. The lowest BCUT2D eigenvalue weighted by atomic mass is 10.1. The third kappa shape index (κ3) is 12.5. The first-order valence-corrected chi connectivity index (χ1v) is 12.3. The summed E-state index contributed by atoms with van der Waals surface area (Å²) in [7, 11) is 0. The fraction of sp³-hybridized carbons (Fsp3) is 0.692. The van der Waals surface area contributed by atoms with E-state index in [4.69, 9.17) is 14.2 Å². The molecular formula is C26H43NO6. The van der Waals surface area contributed by atoms with E-state index in [2.05, 4.69) is 6.92 Å². The zero-order chi connectivity index (χ0) is 24.6. The van der Waals surface area contributed by atoms with Crippen molar-refractivity contribution in [2.45, 2.75) is 97.9 Å². The second kappa shape index (κ2) is 16.4. The van der Waals surface area contributed by atoms with Crippen LogP contribution in [0, 0.1) is 0 Å². The standard InChI is InChI=1S/C26H43NO6/c1-6-8-9-10-11-16-27(26(30)33-21(5)7-2)17-18-31-23-14-12-22(13-15-23)19-24(25(28)29)32-20(3)4/h12-15,20-21,24H,6-11,16-19H2,1-5H3,(H,28,29). The Kier molecular flexibility index (Phi) is 14.2. The monoisotopic (exact) mass is 465 g/mol. The van der Waals surface area contributed by atoms with E-state index in [1.807, 2.05) is 52.0 Å². The summed E-state index contributed by atoms with van der Waals surface area (Å²) in [6, 6.07) is 7.32. The molecule has 1 aromatic carbocycles. The van der Waals surface area contributed by atoms with Gasteiger partial charge >= 0.3 is 12.1 Å². The first kappa shape index (κ1) is 28.8. The molecule has 188 valence electrons. The molecule has 7 nitrogen and oxygen atoms in total. The van der Waals surface area contributed by atoms with Gasteiger partial charge in [-0.15, -0.1) is 0 Å². The maximum absolute atomic E-state index is 12.5. The van der Waals surface area contributed by atoms with Gasteiger partial charge in [-0.25, -0.2) is 9.59 Å². The molecule has 2 unspecified atom stereocenters. The van der Waals surface area contributed by atoms with E-state index < -0.39 is 12.1 Å². The van der Waals surface area contributed by atoms with Gasteiger partial charge in [0.2, 0.25) is 0 Å². The number of carboxylic acid groups (broad SMARTS) is 1. The zero-order valence-electron chi connectivity index (χ0n) is 21.0. The molecule has 0 spiro atoms. The van der Waals surface area contributed by atoms with Crippen LogP contribution in [0.5, 0.6) is 5.75 Å². The van der Waals surface area contributed by atoms with Crippen LogP contribution in [-0.4, -0.2) is 60.1 Å². The lowest BCUT2D eigenvalue weighted by Gasteiger charge is -2.24. The van der Waals surface area contributed by atoms with Gasteiger partial charge in [-0.3, -0.25) is 0 Å². The first-order valence-electron chi connectivity index (χ1n) is 12.3. The number of benzene rings is 1. The normalized spacial score (nSPS) is 12.9. The van der Waals surface area contributed by atoms with Crippen LogP contribution in [0.4, 0.5) is 4.79 Å². The number of carbonyl (C=O) groups is 2. The van der Waals surface area contributed by atoms with Crippen LogP contribution >= 0.6 is 0 Å². The summed E-state index contributed by atoms with van der Waals surface area (Å²) in [6.45, 7) is 11.2. The summed E-state index contributed by atoms with van der Waals surface area (Å²) < 4.78 is 16.8. The van der Waals surface area contributed by atoms with Crippen molar-refractivity contribution in [2.75, 3.05) is 19.7 Å². The topological polar surface area (TPSA) is 85.3 Å². The van der Waals surface area contributed by atoms with E-state index in [0.717, 1.165) is 24.8 Å². The largest absolute Gasteiger partial charge is 0.492 e. The highest BCUT2D eigenvalue weighted by Crippen LogP contribution is 2.16. The number of rotatable bonds is 17. The molecular weight excluding hydrogens is 422 g/mol. The number of carbonyl (C=O) groups excluding carboxylic acids is 1. The van der Waals surface area contributed by atoms with E-state index in [-0.39, 0.29) is 18.3 Å². The van der Waals surface area contributed by atoms with E-state index in [1.165, 1.54) is 19.3 Å². The molecule has 0 heterocycles. The second-order valence-electron chi connectivity index (χ2n) is 8.71. The van der Waals surface area contributed by atoms with Crippen molar-refractivity contribution in [3.63, 3.8) is 0 Å². The van der Waals surface area contributed by atoms with Gasteiger partial charge in [0.15, 0.2) is 6.10 Å². The number of hydrogen-bond acceptors (Lipinski definition) is 5. The summed E-state index contributed by atoms with van der Waals surface area (Å²) in [5.41, 5.74) is 0.862. The number of aliphatic carboxylic acids is 1. The lowest BCUT2D eigenvalue weighted by molar-refractivity contribution is -0.153. The Labute approximate surface area is 199 Å². The van der Waals surface area contributed by atoms with Crippen molar-refractivity contribution in [1.82, 2.24) is 4.90 Å². The molecule has 1 aromatic rings. The summed E-state index contributed by atoms with van der Waals surface area (Å²) in [5.74, 6) is -0.295. The van der Waals surface area contributed by atoms with Crippen LogP contribution in [0.15, 0.2) is 24.3 Å². The molecule has 0 fully saturated rings. The molecule has 0 aliphatic carbocycles. The van der Waals surface area contributed by atoms with E-state index in [0.29, 0.717) is 31.9 Å². The van der Waals surface area contributed by atoms with Crippen molar-refractivity contribution in [2.24, 2.45) is 0 Å². The second-order valence-corrected chi connectivity index (χ2v) is 8.71. The highest BCUT2D eigenvalue weighted by atomic mass is 16.6.